The van der Waals surface area contributed by atoms with E-state index in [1.807, 2.05) is 49.4 Å². The Hall–Kier alpha value is -3.99. The molecule has 35 heavy (non-hydrogen) atoms. The van der Waals surface area contributed by atoms with Gasteiger partial charge in [-0.1, -0.05) is 48.0 Å². The molecule has 2 heterocycles. The number of hydrogen-bond acceptors (Lipinski definition) is 7. The number of benzene rings is 3. The van der Waals surface area contributed by atoms with Gasteiger partial charge in [0.2, 0.25) is 5.88 Å². The number of rotatable bonds is 4. The Bertz CT molecular complexity index is 1570. The summed E-state index contributed by atoms with van der Waals surface area (Å²) in [5.74, 6) is 0.210. The van der Waals surface area contributed by atoms with Crippen LogP contribution in [0.25, 0.3) is 10.1 Å². The highest BCUT2D eigenvalue weighted by Crippen LogP contribution is 2.46. The minimum Gasteiger partial charge on any atom is -0.496 e. The number of para-hydroxylation sites is 1. The number of fused-ring (bicyclic) bond motifs is 2. The summed E-state index contributed by atoms with van der Waals surface area (Å²) in [5.41, 5.74) is 8.94. The van der Waals surface area contributed by atoms with Crippen LogP contribution in [0.2, 0.25) is 5.02 Å². The van der Waals surface area contributed by atoms with Gasteiger partial charge in [0.25, 0.3) is 0 Å². The second-order valence-electron chi connectivity index (χ2n) is 8.00. The predicted octanol–water partition coefficient (Wildman–Crippen LogP) is 6.31. The molecular weight excluding hydrogens is 484 g/mol. The number of thiophene rings is 1. The molecule has 1 unspecified atom stereocenters. The van der Waals surface area contributed by atoms with Crippen molar-refractivity contribution in [2.75, 3.05) is 7.11 Å². The third kappa shape index (κ3) is 3.97. The first-order valence-corrected chi connectivity index (χ1v) is 11.9. The Balaban J connectivity index is 1.51. The molecule has 4 aromatic rings. The van der Waals surface area contributed by atoms with Crippen molar-refractivity contribution in [3.8, 4) is 23.3 Å². The number of aryl methyl sites for hydroxylation is 1. The average Bonchev–Trinajstić information content (AvgIpc) is 3.18. The van der Waals surface area contributed by atoms with Crippen molar-refractivity contribution in [3.63, 3.8) is 0 Å². The first-order valence-electron chi connectivity index (χ1n) is 10.7. The maximum atomic E-state index is 13.0. The van der Waals surface area contributed by atoms with Gasteiger partial charge >= 0.3 is 5.97 Å². The van der Waals surface area contributed by atoms with E-state index >= 15 is 0 Å². The SMILES string of the molecule is COc1ccccc1C1C(C#N)=C(N)Oc2cc(OC(=O)c3sc4cc(C)ccc4c3Cl)ccc21. The van der Waals surface area contributed by atoms with E-state index in [-0.39, 0.29) is 17.2 Å². The van der Waals surface area contributed by atoms with Gasteiger partial charge in [-0.3, -0.25) is 0 Å². The zero-order valence-corrected chi connectivity index (χ0v) is 20.4. The molecule has 1 aliphatic rings. The normalized spacial score (nSPS) is 14.7. The Morgan fingerprint density at radius 3 is 2.71 bits per heavy atom. The lowest BCUT2D eigenvalue weighted by Gasteiger charge is -2.27. The molecule has 0 spiro atoms. The average molecular weight is 503 g/mol. The summed E-state index contributed by atoms with van der Waals surface area (Å²) < 4.78 is 17.8. The van der Waals surface area contributed by atoms with Gasteiger partial charge < -0.3 is 19.9 Å². The molecule has 0 bridgehead atoms. The second kappa shape index (κ2) is 8.99. The zero-order chi connectivity index (χ0) is 24.7. The van der Waals surface area contributed by atoms with Gasteiger partial charge in [-0.05, 0) is 30.7 Å². The number of nitrogens with zero attached hydrogens (tertiary/aromatic N) is 1. The molecule has 5 rings (SSSR count). The summed E-state index contributed by atoms with van der Waals surface area (Å²) in [6.45, 7) is 1.98. The monoisotopic (exact) mass is 502 g/mol. The van der Waals surface area contributed by atoms with Gasteiger partial charge in [0, 0.05) is 27.3 Å². The van der Waals surface area contributed by atoms with E-state index < -0.39 is 11.9 Å². The molecule has 6 nitrogen and oxygen atoms in total. The number of hydrogen-bond donors (Lipinski definition) is 1. The van der Waals surface area contributed by atoms with E-state index in [9.17, 15) is 10.1 Å². The van der Waals surface area contributed by atoms with Crippen LogP contribution < -0.4 is 19.9 Å². The maximum absolute atomic E-state index is 13.0. The van der Waals surface area contributed by atoms with Crippen molar-refractivity contribution in [2.24, 2.45) is 5.73 Å². The highest BCUT2D eigenvalue weighted by Gasteiger charge is 2.33. The molecule has 0 saturated carbocycles. The number of allylic oxidation sites excluding steroid dienone is 1. The summed E-state index contributed by atoms with van der Waals surface area (Å²) in [5, 5.41) is 11.0. The van der Waals surface area contributed by atoms with Crippen LogP contribution in [0.4, 0.5) is 0 Å². The molecule has 0 radical (unpaired) electrons. The molecule has 2 N–H and O–H groups in total. The van der Waals surface area contributed by atoms with E-state index in [1.165, 1.54) is 11.3 Å². The molecular formula is C27H19ClN2O4S. The van der Waals surface area contributed by atoms with Crippen molar-refractivity contribution < 1.29 is 19.0 Å². The highest BCUT2D eigenvalue weighted by molar-refractivity contribution is 7.21. The number of nitrogens with two attached hydrogens (primary N) is 1. The van der Waals surface area contributed by atoms with Crippen LogP contribution in [0.5, 0.6) is 17.2 Å². The van der Waals surface area contributed by atoms with Gasteiger partial charge in [0.1, 0.15) is 33.8 Å². The number of halogens is 1. The van der Waals surface area contributed by atoms with Crippen LogP contribution >= 0.6 is 22.9 Å². The van der Waals surface area contributed by atoms with Crippen molar-refractivity contribution >= 4 is 39.0 Å². The van der Waals surface area contributed by atoms with Crippen LogP contribution in [-0.4, -0.2) is 13.1 Å². The summed E-state index contributed by atoms with van der Waals surface area (Å²) in [6.07, 6.45) is 0. The van der Waals surface area contributed by atoms with Crippen LogP contribution in [0.1, 0.15) is 32.3 Å². The van der Waals surface area contributed by atoms with E-state index in [0.29, 0.717) is 27.0 Å². The van der Waals surface area contributed by atoms with Crippen molar-refractivity contribution in [1.82, 2.24) is 0 Å². The molecule has 3 aromatic carbocycles. The summed E-state index contributed by atoms with van der Waals surface area (Å²) in [4.78, 5) is 13.3. The molecule has 0 fully saturated rings. The predicted molar refractivity (Wildman–Crippen MR) is 135 cm³/mol. The Kier molecular flexibility index (Phi) is 5.85. The van der Waals surface area contributed by atoms with Gasteiger partial charge in [-0.15, -0.1) is 11.3 Å². The maximum Gasteiger partial charge on any atom is 0.355 e. The van der Waals surface area contributed by atoms with Gasteiger partial charge in [-0.25, -0.2) is 4.79 Å². The number of carbonyl (C=O) groups is 1. The Morgan fingerprint density at radius 1 is 1.14 bits per heavy atom. The fourth-order valence-electron chi connectivity index (χ4n) is 4.18. The minimum atomic E-state index is -0.563. The summed E-state index contributed by atoms with van der Waals surface area (Å²) in [6, 6.07) is 20.4. The molecule has 1 atom stereocenters. The molecule has 1 aliphatic heterocycles. The fourth-order valence-corrected chi connectivity index (χ4v) is 5.66. The number of methoxy groups -OCH3 is 1. The molecule has 0 amide bonds. The molecule has 1 aromatic heterocycles. The minimum absolute atomic E-state index is 0.0118. The third-order valence-electron chi connectivity index (χ3n) is 5.82. The van der Waals surface area contributed by atoms with E-state index in [0.717, 1.165) is 21.2 Å². The quantitative estimate of drug-likeness (QED) is 0.259. The highest BCUT2D eigenvalue weighted by atomic mass is 35.5. The second-order valence-corrected chi connectivity index (χ2v) is 9.43. The van der Waals surface area contributed by atoms with Crippen LogP contribution in [0, 0.1) is 18.3 Å². The van der Waals surface area contributed by atoms with Gasteiger partial charge in [0.05, 0.1) is 18.1 Å². The van der Waals surface area contributed by atoms with Crippen LogP contribution in [-0.2, 0) is 0 Å². The van der Waals surface area contributed by atoms with Crippen molar-refractivity contribution in [3.05, 3.63) is 98.7 Å². The fraction of sp³-hybridized carbons (Fsp3) is 0.111. The van der Waals surface area contributed by atoms with Crippen LogP contribution in [0.15, 0.2) is 72.1 Å². The lowest BCUT2D eigenvalue weighted by molar-refractivity contribution is 0.0740. The molecule has 0 saturated heterocycles. The molecule has 8 heteroatoms. The zero-order valence-electron chi connectivity index (χ0n) is 18.8. The first-order chi connectivity index (χ1) is 16.9. The van der Waals surface area contributed by atoms with E-state index in [4.69, 9.17) is 31.5 Å². The Labute approximate surface area is 210 Å². The van der Waals surface area contributed by atoms with Crippen molar-refractivity contribution in [2.45, 2.75) is 12.8 Å². The largest absolute Gasteiger partial charge is 0.496 e. The summed E-state index contributed by atoms with van der Waals surface area (Å²) >= 11 is 7.76. The smallest absolute Gasteiger partial charge is 0.355 e. The Morgan fingerprint density at radius 2 is 1.94 bits per heavy atom. The number of esters is 1. The third-order valence-corrected chi connectivity index (χ3v) is 7.46. The van der Waals surface area contributed by atoms with E-state index in [2.05, 4.69) is 6.07 Å². The van der Waals surface area contributed by atoms with Gasteiger partial charge in [-0.2, -0.15) is 5.26 Å². The first kappa shape index (κ1) is 22.8. The molecule has 0 aliphatic carbocycles. The standard InChI is InChI=1S/C27H19ClN2O4S/c1-14-7-9-18-22(11-14)35-25(24(18)28)27(31)33-15-8-10-17-21(12-15)34-26(30)19(13-29)23(17)16-5-3-4-6-20(16)32-2/h3-12,23H,30H2,1-2H3. The number of carbonyl (C=O) groups excluding carboxylic acids is 1. The summed E-state index contributed by atoms with van der Waals surface area (Å²) in [7, 11) is 1.57. The number of nitriles is 1. The number of ether oxygens (including phenoxy) is 3. The topological polar surface area (TPSA) is 94.6 Å². The van der Waals surface area contributed by atoms with Crippen LogP contribution in [0.3, 0.4) is 0 Å². The van der Waals surface area contributed by atoms with E-state index in [1.54, 1.807) is 25.3 Å². The molecule has 174 valence electrons. The lowest BCUT2D eigenvalue weighted by Crippen LogP contribution is -2.21. The van der Waals surface area contributed by atoms with Gasteiger partial charge in [0.15, 0.2) is 0 Å². The van der Waals surface area contributed by atoms with Crippen molar-refractivity contribution in [1.29, 1.82) is 5.26 Å². The lowest BCUT2D eigenvalue weighted by atomic mass is 9.83.